The molecule has 0 fully saturated rings. The Bertz CT molecular complexity index is 123. The number of hydrogen-bond donors (Lipinski definition) is 2. The van der Waals surface area contributed by atoms with Gasteiger partial charge in [0.05, 0.1) is 6.61 Å². The minimum atomic E-state index is 0.251. The second-order valence-electron chi connectivity index (χ2n) is 3.03. The van der Waals surface area contributed by atoms with Crippen LogP contribution in [0.5, 0.6) is 0 Å². The second-order valence-corrected chi connectivity index (χ2v) is 3.03. The van der Waals surface area contributed by atoms with Crippen LogP contribution < -0.4 is 5.32 Å². The summed E-state index contributed by atoms with van der Waals surface area (Å²) < 4.78 is 0. The van der Waals surface area contributed by atoms with Crippen LogP contribution in [0.15, 0.2) is 12.2 Å². The molecule has 1 atom stereocenters. The van der Waals surface area contributed by atoms with Crippen LogP contribution in [0, 0.1) is 5.92 Å². The van der Waals surface area contributed by atoms with Gasteiger partial charge in [0.1, 0.15) is 0 Å². The Morgan fingerprint density at radius 3 is 3.00 bits per heavy atom. The topological polar surface area (TPSA) is 32.3 Å². The van der Waals surface area contributed by atoms with Gasteiger partial charge in [0, 0.05) is 6.54 Å². The van der Waals surface area contributed by atoms with Crippen molar-refractivity contribution < 1.29 is 5.11 Å². The highest BCUT2D eigenvalue weighted by Crippen LogP contribution is 2.19. The van der Waals surface area contributed by atoms with Gasteiger partial charge in [0.15, 0.2) is 0 Å². The molecule has 1 unspecified atom stereocenters. The fourth-order valence-electron chi connectivity index (χ4n) is 1.43. The monoisotopic (exact) mass is 155 g/mol. The van der Waals surface area contributed by atoms with Crippen LogP contribution in [0.2, 0.25) is 0 Å². The van der Waals surface area contributed by atoms with Crippen molar-refractivity contribution in [3.8, 4) is 0 Å². The molecular weight excluding hydrogens is 138 g/mol. The number of aliphatic hydroxyl groups excluding tert-OH is 1. The Labute approximate surface area is 68.3 Å². The summed E-state index contributed by atoms with van der Waals surface area (Å²) in [4.78, 5) is 0. The molecule has 0 amide bonds. The van der Waals surface area contributed by atoms with E-state index in [2.05, 4.69) is 17.5 Å². The lowest BCUT2D eigenvalue weighted by Gasteiger charge is -2.06. The minimum Gasteiger partial charge on any atom is -0.395 e. The van der Waals surface area contributed by atoms with E-state index in [0.717, 1.165) is 19.0 Å². The van der Waals surface area contributed by atoms with Crippen molar-refractivity contribution in [1.82, 2.24) is 5.32 Å². The molecule has 0 radical (unpaired) electrons. The molecule has 64 valence electrons. The Morgan fingerprint density at radius 1 is 1.45 bits per heavy atom. The average Bonchev–Trinajstić information content (AvgIpc) is 2.50. The van der Waals surface area contributed by atoms with Crippen LogP contribution in [0.4, 0.5) is 0 Å². The van der Waals surface area contributed by atoms with Crippen LogP contribution in [-0.2, 0) is 0 Å². The largest absolute Gasteiger partial charge is 0.395 e. The van der Waals surface area contributed by atoms with Crippen molar-refractivity contribution in [2.45, 2.75) is 19.3 Å². The van der Waals surface area contributed by atoms with Gasteiger partial charge in [-0.15, -0.1) is 0 Å². The minimum absolute atomic E-state index is 0.251. The highest BCUT2D eigenvalue weighted by atomic mass is 16.3. The van der Waals surface area contributed by atoms with Crippen LogP contribution >= 0.6 is 0 Å². The molecule has 0 heterocycles. The predicted molar refractivity (Wildman–Crippen MR) is 46.4 cm³/mol. The molecule has 0 bridgehead atoms. The summed E-state index contributed by atoms with van der Waals surface area (Å²) >= 11 is 0. The summed E-state index contributed by atoms with van der Waals surface area (Å²) in [7, 11) is 0. The first kappa shape index (κ1) is 8.75. The number of aliphatic hydroxyl groups is 1. The molecule has 0 aromatic rings. The second kappa shape index (κ2) is 5.33. The summed E-state index contributed by atoms with van der Waals surface area (Å²) in [6, 6.07) is 0. The maximum atomic E-state index is 8.48. The molecular formula is C9H17NO. The van der Waals surface area contributed by atoms with Crippen LogP contribution in [0.3, 0.4) is 0 Å². The quantitative estimate of drug-likeness (QED) is 0.457. The van der Waals surface area contributed by atoms with Gasteiger partial charge in [-0.3, -0.25) is 0 Å². The highest BCUT2D eigenvalue weighted by molar-refractivity contribution is 4.95. The SMILES string of the molecule is OCCNCCC1C=CCC1. The zero-order valence-corrected chi connectivity index (χ0v) is 6.92. The smallest absolute Gasteiger partial charge is 0.0555 e. The van der Waals surface area contributed by atoms with E-state index in [4.69, 9.17) is 5.11 Å². The van der Waals surface area contributed by atoms with E-state index in [0.29, 0.717) is 0 Å². The van der Waals surface area contributed by atoms with E-state index in [1.54, 1.807) is 0 Å². The molecule has 0 aliphatic heterocycles. The lowest BCUT2D eigenvalue weighted by Crippen LogP contribution is -2.20. The van der Waals surface area contributed by atoms with Crippen LogP contribution in [0.1, 0.15) is 19.3 Å². The number of rotatable bonds is 5. The van der Waals surface area contributed by atoms with Gasteiger partial charge in [0.2, 0.25) is 0 Å². The van der Waals surface area contributed by atoms with Crippen molar-refractivity contribution in [3.05, 3.63) is 12.2 Å². The van der Waals surface area contributed by atoms with E-state index >= 15 is 0 Å². The molecule has 1 rings (SSSR count). The molecule has 0 aromatic heterocycles. The average molecular weight is 155 g/mol. The van der Waals surface area contributed by atoms with Gasteiger partial charge in [-0.05, 0) is 31.7 Å². The highest BCUT2D eigenvalue weighted by Gasteiger charge is 2.07. The van der Waals surface area contributed by atoms with Crippen molar-refractivity contribution in [1.29, 1.82) is 0 Å². The first-order valence-electron chi connectivity index (χ1n) is 4.41. The molecule has 0 aromatic carbocycles. The van der Waals surface area contributed by atoms with Gasteiger partial charge in [-0.25, -0.2) is 0 Å². The third-order valence-electron chi connectivity index (χ3n) is 2.09. The molecule has 0 saturated carbocycles. The third kappa shape index (κ3) is 3.54. The van der Waals surface area contributed by atoms with Crippen LogP contribution in [-0.4, -0.2) is 24.8 Å². The maximum absolute atomic E-state index is 8.48. The Kier molecular flexibility index (Phi) is 4.24. The Balaban J connectivity index is 1.90. The maximum Gasteiger partial charge on any atom is 0.0555 e. The van der Waals surface area contributed by atoms with Gasteiger partial charge < -0.3 is 10.4 Å². The van der Waals surface area contributed by atoms with Gasteiger partial charge in [-0.2, -0.15) is 0 Å². The Hall–Kier alpha value is -0.340. The normalized spacial score (nSPS) is 22.8. The van der Waals surface area contributed by atoms with Crippen molar-refractivity contribution in [3.63, 3.8) is 0 Å². The van der Waals surface area contributed by atoms with E-state index in [1.807, 2.05) is 0 Å². The van der Waals surface area contributed by atoms with E-state index in [1.165, 1.54) is 19.3 Å². The van der Waals surface area contributed by atoms with E-state index < -0.39 is 0 Å². The fourth-order valence-corrected chi connectivity index (χ4v) is 1.43. The first-order valence-corrected chi connectivity index (χ1v) is 4.41. The van der Waals surface area contributed by atoms with Gasteiger partial charge >= 0.3 is 0 Å². The predicted octanol–water partition coefficient (Wildman–Crippen LogP) is 0.925. The molecule has 11 heavy (non-hydrogen) atoms. The lowest BCUT2D eigenvalue weighted by atomic mass is 10.1. The van der Waals surface area contributed by atoms with E-state index in [9.17, 15) is 0 Å². The number of nitrogens with one attached hydrogen (secondary N) is 1. The summed E-state index contributed by atoms with van der Waals surface area (Å²) in [6.07, 6.45) is 8.36. The Morgan fingerprint density at radius 2 is 2.36 bits per heavy atom. The molecule has 2 N–H and O–H groups in total. The van der Waals surface area contributed by atoms with Crippen molar-refractivity contribution >= 4 is 0 Å². The number of allylic oxidation sites excluding steroid dienone is 2. The molecule has 1 aliphatic carbocycles. The molecule has 1 aliphatic rings. The lowest BCUT2D eigenvalue weighted by molar-refractivity contribution is 0.291. The standard InChI is InChI=1S/C9H17NO/c11-8-7-10-6-5-9-3-1-2-4-9/h1,3,9-11H,2,4-8H2. The summed E-state index contributed by atoms with van der Waals surface area (Å²) in [5, 5.41) is 11.7. The van der Waals surface area contributed by atoms with Crippen molar-refractivity contribution in [2.75, 3.05) is 19.7 Å². The van der Waals surface area contributed by atoms with Crippen LogP contribution in [0.25, 0.3) is 0 Å². The summed E-state index contributed by atoms with van der Waals surface area (Å²) in [5.74, 6) is 0.793. The van der Waals surface area contributed by atoms with Gasteiger partial charge in [-0.1, -0.05) is 12.2 Å². The van der Waals surface area contributed by atoms with Gasteiger partial charge in [0.25, 0.3) is 0 Å². The fraction of sp³-hybridized carbons (Fsp3) is 0.778. The molecule has 0 saturated heterocycles. The zero-order valence-electron chi connectivity index (χ0n) is 6.92. The number of hydrogen-bond acceptors (Lipinski definition) is 2. The van der Waals surface area contributed by atoms with Crippen molar-refractivity contribution in [2.24, 2.45) is 5.92 Å². The molecule has 0 spiro atoms. The summed E-state index contributed by atoms with van der Waals surface area (Å²) in [6.45, 7) is 2.02. The summed E-state index contributed by atoms with van der Waals surface area (Å²) in [5.41, 5.74) is 0. The zero-order chi connectivity index (χ0) is 7.94. The molecule has 2 nitrogen and oxygen atoms in total. The third-order valence-corrected chi connectivity index (χ3v) is 2.09. The first-order chi connectivity index (χ1) is 5.43. The molecule has 2 heteroatoms. The van der Waals surface area contributed by atoms with E-state index in [-0.39, 0.29) is 6.61 Å².